The lowest BCUT2D eigenvalue weighted by atomic mass is 9.98. The van der Waals surface area contributed by atoms with Crippen molar-refractivity contribution in [3.05, 3.63) is 0 Å². The molecule has 3 rings (SSSR count). The number of guanidine groups is 1. The minimum absolute atomic E-state index is 0.0235. The summed E-state index contributed by atoms with van der Waals surface area (Å²) in [5, 5.41) is 116. The Labute approximate surface area is 828 Å². The lowest BCUT2D eigenvalue weighted by Gasteiger charge is -2.32. The number of rotatable bonds is 63. The SMILES string of the molecule is CC(C)C[C@H](NC(=O)[C@@H]1CCCN1C(=O)[C@H](CO)NC(=O)[C@@H](NC(=O)[C@@H](N)CC(C)C)C(C)C)C(=O)N[C@@H](CCCNC(=N)N)C(=O)N[C@@H](CCC(=O)O)C(=O)N[C@H](C(=O)N[C@@H](CCC(=O)O)C(=O)N[C@@H](CC(=O)O)C(=O)N[C@@H](C)C(=O)N1CCC[C@H]1C(=O)N[C@@H](CCCCN)C(=O)N[C@H](C(=O)N[C@H](C(=O)N[C@@H](CCC(=O)O)C(=O)N1CCC[C@H]1C(=O)N[C@@H](C)C(=O)N[C@@H](CO)C(=O)O)C(C)C)C(C)C)C(C)C. The van der Waals surface area contributed by atoms with Crippen molar-refractivity contribution in [3.8, 4) is 0 Å². The molecule has 53 nitrogen and oxygen atoms in total. The van der Waals surface area contributed by atoms with Gasteiger partial charge in [-0.15, -0.1) is 0 Å². The van der Waals surface area contributed by atoms with Gasteiger partial charge in [0.25, 0.3) is 0 Å². The normalized spacial score (nSPS) is 17.9. The van der Waals surface area contributed by atoms with Gasteiger partial charge in [0.15, 0.2) is 5.96 Å². The van der Waals surface area contributed by atoms with Crippen LogP contribution in [0.1, 0.15) is 225 Å². The summed E-state index contributed by atoms with van der Waals surface area (Å²) in [5.41, 5.74) is 17.4. The van der Waals surface area contributed by atoms with Gasteiger partial charge in [0.2, 0.25) is 106 Å². The predicted octanol–water partition coefficient (Wildman–Crippen LogP) is -7.15. The maximum absolute atomic E-state index is 14.6. The van der Waals surface area contributed by atoms with E-state index >= 15 is 0 Å². The van der Waals surface area contributed by atoms with Crippen LogP contribution in [0.4, 0.5) is 0 Å². The average Bonchev–Trinajstić information content (AvgIpc) is 1.62. The Morgan fingerprint density at radius 3 is 1.05 bits per heavy atom. The van der Waals surface area contributed by atoms with Crippen molar-refractivity contribution in [1.29, 1.82) is 5.41 Å². The zero-order valence-corrected chi connectivity index (χ0v) is 83.6. The summed E-state index contributed by atoms with van der Waals surface area (Å²) in [7, 11) is 0. The van der Waals surface area contributed by atoms with Gasteiger partial charge in [0.05, 0.1) is 25.7 Å². The fourth-order valence-electron chi connectivity index (χ4n) is 16.1. The third kappa shape index (κ3) is 41.4. The van der Waals surface area contributed by atoms with Gasteiger partial charge < -0.3 is 153 Å². The number of aliphatic hydroxyl groups is 2. The molecule has 3 aliphatic rings. The molecule has 53 heteroatoms. The molecule has 19 atom stereocenters. The van der Waals surface area contributed by atoms with Crippen molar-refractivity contribution in [2.45, 2.75) is 340 Å². The second-order valence-corrected chi connectivity index (χ2v) is 38.2. The zero-order valence-electron chi connectivity index (χ0n) is 83.6. The molecule has 0 aromatic heterocycles. The number of hydrogen-bond donors (Lipinski definition) is 27. The van der Waals surface area contributed by atoms with E-state index in [1.54, 1.807) is 41.5 Å². The fraction of sp³-hybridized carbons (Fsp3) is 0.733. The Bertz CT molecular complexity index is 4460. The van der Waals surface area contributed by atoms with Crippen LogP contribution in [0.2, 0.25) is 0 Å². The first-order valence-corrected chi connectivity index (χ1v) is 48.2. The lowest BCUT2D eigenvalue weighted by Crippen LogP contribution is -2.62. The quantitative estimate of drug-likeness (QED) is 0.0153. The van der Waals surface area contributed by atoms with E-state index in [-0.39, 0.29) is 115 Å². The van der Waals surface area contributed by atoms with Crippen LogP contribution in [0.25, 0.3) is 0 Å². The number of hydrogen-bond acceptors (Lipinski definition) is 28. The Hall–Kier alpha value is -13.1. The number of carbonyl (C=O) groups is 23. The first-order valence-electron chi connectivity index (χ1n) is 48.2. The predicted molar refractivity (Wildman–Crippen MR) is 507 cm³/mol. The monoisotopic (exact) mass is 2030 g/mol. The number of carbonyl (C=O) groups excluding carboxylic acids is 18. The molecule has 806 valence electrons. The van der Waals surface area contributed by atoms with Gasteiger partial charge in [-0.3, -0.25) is 111 Å². The van der Waals surface area contributed by atoms with Gasteiger partial charge in [-0.05, 0) is 159 Å². The van der Waals surface area contributed by atoms with E-state index in [1.165, 1.54) is 34.6 Å². The average molecular weight is 2040 g/mol. The summed E-state index contributed by atoms with van der Waals surface area (Å²) in [5.74, 6) is -29.3. The molecule has 0 bridgehead atoms. The second-order valence-electron chi connectivity index (χ2n) is 38.2. The van der Waals surface area contributed by atoms with Crippen LogP contribution in [0.15, 0.2) is 0 Å². The molecule has 0 spiro atoms. The molecule has 0 aliphatic carbocycles. The molecule has 0 aromatic carbocycles. The highest BCUT2D eigenvalue weighted by Crippen LogP contribution is 2.25. The standard InChI is InChI=1S/C90H151N23O30/c1-42(2)37-50(92)72(125)107-67(44(5)6)84(137)105-58(40-114)88(141)113-36-20-25-62(113)81(134)104-56(38-43(3)4)78(131)98-52(22-17-33-95-90(93)94)73(126)99-54(27-30-64(118)119)76(129)108-68(45(7)8)82(135)101-53(26-29-63(116)117)74(127)103-57(39-66(122)123)77(130)97-49(14)86(139)111-34-18-24-61(111)80(133)100-51(21-15-16-32-91)75(128)109-70(47(11)12)85(138)110-69(46(9)10)83(136)102-55(28-31-65(120)121)87(140)112-35-19-23-60(112)79(132)96-48(13)71(124)106-59(41-115)89(142)143/h42-62,67-70,114-115H,15-41,91-92H2,1-14H3,(H,96,132)(H,97,130)(H,98,131)(H,99,126)(H,100,133)(H,101,135)(H,102,136)(H,103,127)(H,104,134)(H,105,137)(H,106,124)(H,107,125)(H,108,129)(H,109,128)(H,110,138)(H,116,117)(H,118,119)(H,120,121)(H,122,123)(H,142,143)(H4,93,94,95)/t48-,49-,50-,51-,52-,53-,54-,55-,56-,57-,58-,59-,60-,61-,62-,67-,68-,69-,70-/m0/s1. The molecule has 0 radical (unpaired) electrons. The van der Waals surface area contributed by atoms with Crippen LogP contribution in [-0.2, 0) is 110 Å². The van der Waals surface area contributed by atoms with E-state index < -0.39 is 339 Å². The van der Waals surface area contributed by atoms with E-state index in [9.17, 15) is 146 Å². The number of nitrogens with two attached hydrogens (primary N) is 3. The highest BCUT2D eigenvalue weighted by Gasteiger charge is 2.46. The zero-order chi connectivity index (χ0) is 108. The molecular weight excluding hydrogens is 1880 g/mol. The van der Waals surface area contributed by atoms with Crippen molar-refractivity contribution in [2.75, 3.05) is 45.9 Å². The Balaban J connectivity index is 1.88. The van der Waals surface area contributed by atoms with Crippen molar-refractivity contribution in [1.82, 2.24) is 99.8 Å². The van der Waals surface area contributed by atoms with Crippen LogP contribution in [0.3, 0.4) is 0 Å². The van der Waals surface area contributed by atoms with Crippen LogP contribution in [0, 0.1) is 40.9 Å². The van der Waals surface area contributed by atoms with Crippen molar-refractivity contribution in [2.24, 2.45) is 52.7 Å². The molecule has 143 heavy (non-hydrogen) atoms. The van der Waals surface area contributed by atoms with Crippen LogP contribution >= 0.6 is 0 Å². The summed E-state index contributed by atoms with van der Waals surface area (Å²) in [4.78, 5) is 318. The van der Waals surface area contributed by atoms with E-state index in [1.807, 2.05) is 13.8 Å². The summed E-state index contributed by atoms with van der Waals surface area (Å²) < 4.78 is 0. The van der Waals surface area contributed by atoms with Crippen LogP contribution < -0.4 is 102 Å². The van der Waals surface area contributed by atoms with E-state index in [4.69, 9.17) is 22.6 Å². The number of aliphatic carboxylic acids is 5. The van der Waals surface area contributed by atoms with Crippen molar-refractivity contribution < 1.29 is 146 Å². The summed E-state index contributed by atoms with van der Waals surface area (Å²) in [6.45, 7) is 19.6. The number of unbranched alkanes of at least 4 members (excludes halogenated alkanes) is 1. The van der Waals surface area contributed by atoms with E-state index in [2.05, 4.69) is 85.1 Å². The molecule has 18 amide bonds. The van der Waals surface area contributed by atoms with Crippen molar-refractivity contribution >= 4 is 142 Å². The molecule has 0 aromatic rings. The molecule has 0 unspecified atom stereocenters. The number of aliphatic hydroxyl groups excluding tert-OH is 2. The van der Waals surface area contributed by atoms with Gasteiger partial charge in [-0.1, -0.05) is 83.1 Å². The van der Waals surface area contributed by atoms with E-state index in [0.29, 0.717) is 12.8 Å². The van der Waals surface area contributed by atoms with Gasteiger partial charge >= 0.3 is 29.8 Å². The van der Waals surface area contributed by atoms with Crippen molar-refractivity contribution in [3.63, 3.8) is 0 Å². The number of nitrogens with zero attached hydrogens (tertiary/aromatic N) is 3. The molecule has 3 heterocycles. The smallest absolute Gasteiger partial charge is 0.328 e. The first-order chi connectivity index (χ1) is 66.9. The fourth-order valence-corrected chi connectivity index (χ4v) is 16.1. The third-order valence-corrected chi connectivity index (χ3v) is 24.0. The number of amides is 18. The maximum atomic E-state index is 14.6. The number of carboxylic acids is 5. The molecule has 0 saturated carbocycles. The van der Waals surface area contributed by atoms with E-state index in [0.717, 1.165) is 21.6 Å². The van der Waals surface area contributed by atoms with Gasteiger partial charge in [0, 0.05) is 45.4 Å². The molecular formula is C90H151N23O30. The van der Waals surface area contributed by atoms with Gasteiger partial charge in [0.1, 0.15) is 109 Å². The minimum Gasteiger partial charge on any atom is -0.481 e. The molecule has 3 fully saturated rings. The number of nitrogens with one attached hydrogen (secondary N) is 17. The molecule has 3 saturated heterocycles. The van der Waals surface area contributed by atoms with Crippen LogP contribution in [0.5, 0.6) is 0 Å². The highest BCUT2D eigenvalue weighted by atomic mass is 16.4. The summed E-state index contributed by atoms with van der Waals surface area (Å²) in [6.07, 6.45) is -4.49. The summed E-state index contributed by atoms with van der Waals surface area (Å²) in [6, 6.07) is -29.2. The van der Waals surface area contributed by atoms with Gasteiger partial charge in [-0.25, -0.2) is 4.79 Å². The lowest BCUT2D eigenvalue weighted by molar-refractivity contribution is -0.145. The second kappa shape index (κ2) is 61.0. The highest BCUT2D eigenvalue weighted by molar-refractivity contribution is 6.03. The number of likely N-dealkylation sites (tertiary alicyclic amines) is 3. The first kappa shape index (κ1) is 124. The number of carboxylic acid groups (broad SMARTS) is 5. The maximum Gasteiger partial charge on any atom is 0.328 e. The topological polar surface area (TPSA) is 838 Å². The largest absolute Gasteiger partial charge is 0.481 e. The summed E-state index contributed by atoms with van der Waals surface area (Å²) >= 11 is 0. The minimum atomic E-state index is -2.12. The van der Waals surface area contributed by atoms with Crippen LogP contribution in [-0.4, -0.2) is 353 Å². The third-order valence-electron chi connectivity index (χ3n) is 24.0. The molecule has 3 aliphatic heterocycles. The Kier molecular flexibility index (Phi) is 53.0. The Morgan fingerprint density at radius 1 is 0.329 bits per heavy atom. The van der Waals surface area contributed by atoms with Gasteiger partial charge in [-0.2, -0.15) is 0 Å². The molecule has 30 N–H and O–H groups in total. The Morgan fingerprint density at radius 2 is 0.650 bits per heavy atom.